The average Bonchev–Trinajstić information content (AvgIpc) is 2.46. The zero-order valence-corrected chi connectivity index (χ0v) is 14.7. The maximum atomic E-state index is 12.3. The second kappa shape index (κ2) is 6.80. The van der Waals surface area contributed by atoms with Crippen LogP contribution in [0.5, 0.6) is 0 Å². The molecule has 0 aliphatic rings. The van der Waals surface area contributed by atoms with Crippen LogP contribution in [0.3, 0.4) is 0 Å². The molecule has 0 saturated heterocycles. The topological polar surface area (TPSA) is 109 Å². The number of amides is 1. The Morgan fingerprint density at radius 1 is 0.833 bits per heavy atom. The Morgan fingerprint density at radius 2 is 1.29 bits per heavy atom. The van der Waals surface area contributed by atoms with Crippen molar-refractivity contribution in [1.29, 1.82) is 0 Å². The Balaban J connectivity index is 2.20. The molecule has 2 N–H and O–H groups in total. The Labute approximate surface area is 144 Å². The highest BCUT2D eigenvalue weighted by Crippen LogP contribution is 2.21. The maximum absolute atomic E-state index is 12.3. The van der Waals surface area contributed by atoms with Gasteiger partial charge in [0.15, 0.2) is 0 Å². The van der Waals surface area contributed by atoms with E-state index in [4.69, 9.17) is 10.7 Å². The molecule has 10 heteroatoms. The third-order valence-electron chi connectivity index (χ3n) is 2.87. The SMILES string of the molecule is CC(=O)Nc1ccc(S(=O)(=O)Nc2ccc(S(=O)(=O)Cl)cc2)cc1. The summed E-state index contributed by atoms with van der Waals surface area (Å²) in [7, 11) is -2.53. The zero-order valence-electron chi connectivity index (χ0n) is 12.4. The van der Waals surface area contributed by atoms with Crippen molar-refractivity contribution in [2.45, 2.75) is 16.7 Å². The maximum Gasteiger partial charge on any atom is 0.261 e. The summed E-state index contributed by atoms with van der Waals surface area (Å²) in [6.45, 7) is 1.34. The van der Waals surface area contributed by atoms with Crippen LogP contribution in [0.15, 0.2) is 58.3 Å². The summed E-state index contributed by atoms with van der Waals surface area (Å²) in [5.41, 5.74) is 0.656. The minimum atomic E-state index is -3.87. The number of hydrogen-bond acceptors (Lipinski definition) is 5. The van der Waals surface area contributed by atoms with Crippen molar-refractivity contribution in [2.75, 3.05) is 10.0 Å². The third kappa shape index (κ3) is 4.70. The number of sulfonamides is 1. The molecule has 128 valence electrons. The van der Waals surface area contributed by atoms with Gasteiger partial charge in [0.2, 0.25) is 5.91 Å². The first kappa shape index (κ1) is 18.2. The molecule has 0 spiro atoms. The highest BCUT2D eigenvalue weighted by Gasteiger charge is 2.15. The fraction of sp³-hybridized carbons (Fsp3) is 0.0714. The van der Waals surface area contributed by atoms with Crippen molar-refractivity contribution in [3.05, 3.63) is 48.5 Å². The summed E-state index contributed by atoms with van der Waals surface area (Å²) >= 11 is 0. The minimum Gasteiger partial charge on any atom is -0.326 e. The van der Waals surface area contributed by atoms with Gasteiger partial charge < -0.3 is 5.32 Å². The van der Waals surface area contributed by atoms with Crippen LogP contribution in [0.4, 0.5) is 11.4 Å². The lowest BCUT2D eigenvalue weighted by Gasteiger charge is -2.09. The molecule has 0 aliphatic heterocycles. The van der Waals surface area contributed by atoms with Gasteiger partial charge in [-0.15, -0.1) is 0 Å². The van der Waals surface area contributed by atoms with Gasteiger partial charge in [0.05, 0.1) is 9.79 Å². The van der Waals surface area contributed by atoms with Gasteiger partial charge in [0.25, 0.3) is 19.1 Å². The third-order valence-corrected chi connectivity index (χ3v) is 5.64. The van der Waals surface area contributed by atoms with E-state index in [9.17, 15) is 21.6 Å². The first-order valence-corrected chi connectivity index (χ1v) is 10.3. The summed E-state index contributed by atoms with van der Waals surface area (Å²) in [5.74, 6) is -0.266. The molecule has 2 rings (SSSR count). The molecule has 0 heterocycles. The van der Waals surface area contributed by atoms with Crippen LogP contribution >= 0.6 is 10.7 Å². The van der Waals surface area contributed by atoms with Crippen LogP contribution in [0, 0.1) is 0 Å². The zero-order chi connectivity index (χ0) is 18.0. The van der Waals surface area contributed by atoms with Gasteiger partial charge in [-0.25, -0.2) is 16.8 Å². The summed E-state index contributed by atoms with van der Waals surface area (Å²) in [6, 6.07) is 10.6. The predicted octanol–water partition coefficient (Wildman–Crippen LogP) is 2.37. The van der Waals surface area contributed by atoms with Crippen molar-refractivity contribution in [3.8, 4) is 0 Å². The van der Waals surface area contributed by atoms with E-state index >= 15 is 0 Å². The van der Waals surface area contributed by atoms with Gasteiger partial charge in [0, 0.05) is 29.0 Å². The standard InChI is InChI=1S/C14H13ClN2O5S2/c1-10(18)16-11-2-8-14(9-3-11)24(21,22)17-12-4-6-13(7-5-12)23(15,19)20/h2-9,17H,1H3,(H,16,18). The lowest BCUT2D eigenvalue weighted by Crippen LogP contribution is -2.13. The summed E-state index contributed by atoms with van der Waals surface area (Å²) in [5, 5.41) is 2.53. The van der Waals surface area contributed by atoms with Crippen molar-refractivity contribution < 1.29 is 21.6 Å². The van der Waals surface area contributed by atoms with E-state index in [0.29, 0.717) is 5.69 Å². The number of hydrogen-bond donors (Lipinski definition) is 2. The Morgan fingerprint density at radius 3 is 1.75 bits per heavy atom. The quantitative estimate of drug-likeness (QED) is 0.764. The molecule has 2 aromatic carbocycles. The lowest BCUT2D eigenvalue weighted by atomic mass is 10.3. The second-order valence-corrected chi connectivity index (χ2v) is 9.02. The van der Waals surface area contributed by atoms with Crippen molar-refractivity contribution in [2.24, 2.45) is 0 Å². The Bertz CT molecular complexity index is 953. The average molecular weight is 389 g/mol. The molecular formula is C14H13ClN2O5S2. The van der Waals surface area contributed by atoms with Crippen LogP contribution < -0.4 is 10.0 Å². The largest absolute Gasteiger partial charge is 0.326 e. The molecule has 0 aliphatic carbocycles. The molecular weight excluding hydrogens is 376 g/mol. The number of anilines is 2. The molecule has 0 radical (unpaired) electrons. The van der Waals surface area contributed by atoms with Gasteiger partial charge in [-0.1, -0.05) is 0 Å². The number of rotatable bonds is 5. The lowest BCUT2D eigenvalue weighted by molar-refractivity contribution is -0.114. The van der Waals surface area contributed by atoms with Gasteiger partial charge in [0.1, 0.15) is 0 Å². The molecule has 0 atom stereocenters. The molecule has 0 unspecified atom stereocenters. The van der Waals surface area contributed by atoms with Crippen LogP contribution in [-0.2, 0) is 23.9 Å². The monoisotopic (exact) mass is 388 g/mol. The molecule has 0 fully saturated rings. The van der Waals surface area contributed by atoms with Crippen LogP contribution in [0.25, 0.3) is 0 Å². The number of benzene rings is 2. The van der Waals surface area contributed by atoms with Gasteiger partial charge >= 0.3 is 0 Å². The van der Waals surface area contributed by atoms with Crippen molar-refractivity contribution in [1.82, 2.24) is 0 Å². The van der Waals surface area contributed by atoms with Crippen LogP contribution in [0.2, 0.25) is 0 Å². The fourth-order valence-corrected chi connectivity index (χ4v) is 3.65. The van der Waals surface area contributed by atoms with E-state index in [-0.39, 0.29) is 21.4 Å². The molecule has 7 nitrogen and oxygen atoms in total. The molecule has 0 bridgehead atoms. The number of carbonyl (C=O) groups excluding carboxylic acids is 1. The van der Waals surface area contributed by atoms with E-state index < -0.39 is 19.1 Å². The minimum absolute atomic E-state index is 0.00866. The fourth-order valence-electron chi connectivity index (χ4n) is 1.82. The second-order valence-electron chi connectivity index (χ2n) is 4.77. The number of nitrogens with one attached hydrogen (secondary N) is 2. The van der Waals surface area contributed by atoms with E-state index in [0.717, 1.165) is 0 Å². The number of halogens is 1. The molecule has 0 aromatic heterocycles. The summed E-state index contributed by atoms with van der Waals surface area (Å²) < 4.78 is 49.2. The van der Waals surface area contributed by atoms with Crippen LogP contribution in [-0.4, -0.2) is 22.7 Å². The molecule has 24 heavy (non-hydrogen) atoms. The highest BCUT2D eigenvalue weighted by atomic mass is 35.7. The first-order valence-electron chi connectivity index (χ1n) is 6.53. The Hall–Kier alpha value is -2.10. The Kier molecular flexibility index (Phi) is 5.16. The smallest absolute Gasteiger partial charge is 0.261 e. The van der Waals surface area contributed by atoms with Crippen molar-refractivity contribution >= 4 is 47.0 Å². The van der Waals surface area contributed by atoms with Gasteiger partial charge in [-0.2, -0.15) is 0 Å². The van der Waals surface area contributed by atoms with Gasteiger partial charge in [-0.3, -0.25) is 9.52 Å². The predicted molar refractivity (Wildman–Crippen MR) is 91.0 cm³/mol. The molecule has 0 saturated carbocycles. The van der Waals surface area contributed by atoms with Crippen LogP contribution in [0.1, 0.15) is 6.92 Å². The van der Waals surface area contributed by atoms with Gasteiger partial charge in [-0.05, 0) is 48.5 Å². The molecule has 2 aromatic rings. The number of carbonyl (C=O) groups is 1. The molecule has 1 amide bonds. The van der Waals surface area contributed by atoms with E-state index in [1.807, 2.05) is 0 Å². The van der Waals surface area contributed by atoms with Crippen molar-refractivity contribution in [3.63, 3.8) is 0 Å². The van der Waals surface area contributed by atoms with E-state index in [1.165, 1.54) is 55.5 Å². The summed E-state index contributed by atoms with van der Waals surface area (Å²) in [4.78, 5) is 10.8. The first-order chi connectivity index (χ1) is 11.1. The van der Waals surface area contributed by atoms with E-state index in [1.54, 1.807) is 0 Å². The summed E-state index contributed by atoms with van der Waals surface area (Å²) in [6.07, 6.45) is 0. The normalized spacial score (nSPS) is 11.8. The van der Waals surface area contributed by atoms with E-state index in [2.05, 4.69) is 10.0 Å². The highest BCUT2D eigenvalue weighted by molar-refractivity contribution is 8.13.